The van der Waals surface area contributed by atoms with Crippen molar-refractivity contribution in [3.05, 3.63) is 22.8 Å². The Bertz CT molecular complexity index is 369. The molecule has 102 valence electrons. The van der Waals surface area contributed by atoms with Crippen molar-refractivity contribution in [1.29, 1.82) is 0 Å². The molecule has 0 atom stereocenters. The summed E-state index contributed by atoms with van der Waals surface area (Å²) in [6.45, 7) is 5.13. The van der Waals surface area contributed by atoms with E-state index in [-0.39, 0.29) is 0 Å². The second-order valence-corrected chi connectivity index (χ2v) is 5.18. The van der Waals surface area contributed by atoms with Crippen LogP contribution in [-0.2, 0) is 5.88 Å². The lowest BCUT2D eigenvalue weighted by atomic mass is 10.2. The molecule has 1 aromatic heterocycles. The Labute approximate surface area is 120 Å². The first-order valence-corrected chi connectivity index (χ1v) is 7.09. The standard InChI is InChI=1S/C13H21Cl2N3/c1-4-18(7-5-6-17(2)3)13-8-11(9-14)12(15)10-16-13/h8,10H,4-7,9H2,1-3H3. The van der Waals surface area contributed by atoms with Crippen molar-refractivity contribution < 1.29 is 0 Å². The van der Waals surface area contributed by atoms with Gasteiger partial charge in [-0.2, -0.15) is 0 Å². The minimum atomic E-state index is 0.420. The van der Waals surface area contributed by atoms with E-state index >= 15 is 0 Å². The van der Waals surface area contributed by atoms with Gasteiger partial charge in [-0.3, -0.25) is 0 Å². The van der Waals surface area contributed by atoms with E-state index in [1.165, 1.54) is 0 Å². The molecule has 0 aliphatic heterocycles. The highest BCUT2D eigenvalue weighted by atomic mass is 35.5. The number of nitrogens with zero attached hydrogens (tertiary/aromatic N) is 3. The van der Waals surface area contributed by atoms with Crippen LogP contribution in [0.5, 0.6) is 0 Å². The van der Waals surface area contributed by atoms with E-state index in [0.717, 1.165) is 37.4 Å². The average Bonchev–Trinajstić information content (AvgIpc) is 2.35. The molecule has 0 unspecified atom stereocenters. The first-order valence-electron chi connectivity index (χ1n) is 6.18. The molecular weight excluding hydrogens is 269 g/mol. The number of aromatic nitrogens is 1. The highest BCUT2D eigenvalue weighted by molar-refractivity contribution is 6.32. The van der Waals surface area contributed by atoms with E-state index in [1.54, 1.807) is 6.20 Å². The van der Waals surface area contributed by atoms with Crippen LogP contribution >= 0.6 is 23.2 Å². The molecule has 5 heteroatoms. The molecule has 0 saturated heterocycles. The Morgan fingerprint density at radius 1 is 1.28 bits per heavy atom. The smallest absolute Gasteiger partial charge is 0.128 e. The summed E-state index contributed by atoms with van der Waals surface area (Å²) in [5.74, 6) is 1.38. The second kappa shape index (κ2) is 7.82. The number of pyridine rings is 1. The van der Waals surface area contributed by atoms with E-state index in [4.69, 9.17) is 23.2 Å². The van der Waals surface area contributed by atoms with Crippen molar-refractivity contribution in [1.82, 2.24) is 9.88 Å². The van der Waals surface area contributed by atoms with E-state index in [0.29, 0.717) is 10.9 Å². The van der Waals surface area contributed by atoms with Gasteiger partial charge in [0, 0.05) is 25.2 Å². The molecule has 0 saturated carbocycles. The van der Waals surface area contributed by atoms with Crippen LogP contribution in [-0.4, -0.2) is 43.6 Å². The second-order valence-electron chi connectivity index (χ2n) is 4.50. The molecule has 3 nitrogen and oxygen atoms in total. The van der Waals surface area contributed by atoms with E-state index in [1.807, 2.05) is 6.07 Å². The van der Waals surface area contributed by atoms with Crippen LogP contribution in [0.3, 0.4) is 0 Å². The highest BCUT2D eigenvalue weighted by Gasteiger charge is 2.08. The first-order chi connectivity index (χ1) is 8.58. The van der Waals surface area contributed by atoms with E-state index in [2.05, 4.69) is 35.8 Å². The summed E-state index contributed by atoms with van der Waals surface area (Å²) in [5, 5.41) is 0.637. The van der Waals surface area contributed by atoms with Gasteiger partial charge < -0.3 is 9.80 Å². The van der Waals surface area contributed by atoms with Crippen molar-refractivity contribution in [3.63, 3.8) is 0 Å². The predicted molar refractivity (Wildman–Crippen MR) is 79.9 cm³/mol. The maximum Gasteiger partial charge on any atom is 0.128 e. The molecule has 0 aliphatic rings. The third-order valence-electron chi connectivity index (χ3n) is 2.80. The topological polar surface area (TPSA) is 19.4 Å². The fourth-order valence-electron chi connectivity index (χ4n) is 1.76. The van der Waals surface area contributed by atoms with Gasteiger partial charge in [-0.15, -0.1) is 11.6 Å². The zero-order valence-electron chi connectivity index (χ0n) is 11.3. The predicted octanol–water partition coefficient (Wildman–Crippen LogP) is 3.25. The van der Waals surface area contributed by atoms with Gasteiger partial charge in [-0.05, 0) is 45.6 Å². The third kappa shape index (κ3) is 4.63. The summed E-state index contributed by atoms with van der Waals surface area (Å²) in [7, 11) is 4.17. The SMILES string of the molecule is CCN(CCCN(C)C)c1cc(CCl)c(Cl)cn1. The van der Waals surface area contributed by atoms with Gasteiger partial charge in [0.05, 0.1) is 5.02 Å². The van der Waals surface area contributed by atoms with Gasteiger partial charge in [0.25, 0.3) is 0 Å². The Hall–Kier alpha value is -0.510. The Balaban J connectivity index is 2.69. The lowest BCUT2D eigenvalue weighted by molar-refractivity contribution is 0.400. The highest BCUT2D eigenvalue weighted by Crippen LogP contribution is 2.22. The first kappa shape index (κ1) is 15.5. The van der Waals surface area contributed by atoms with Crippen LogP contribution in [0, 0.1) is 0 Å². The summed E-state index contributed by atoms with van der Waals surface area (Å²) >= 11 is 11.9. The molecule has 0 fully saturated rings. The molecule has 0 N–H and O–H groups in total. The summed E-state index contributed by atoms with van der Waals surface area (Å²) in [6.07, 6.45) is 2.80. The van der Waals surface area contributed by atoms with Crippen molar-refractivity contribution in [3.8, 4) is 0 Å². The minimum absolute atomic E-state index is 0.420. The van der Waals surface area contributed by atoms with Crippen LogP contribution in [0.2, 0.25) is 5.02 Å². The van der Waals surface area contributed by atoms with Gasteiger partial charge in [0.2, 0.25) is 0 Å². The number of hydrogen-bond donors (Lipinski definition) is 0. The van der Waals surface area contributed by atoms with E-state index < -0.39 is 0 Å². The lowest BCUT2D eigenvalue weighted by Gasteiger charge is -2.23. The van der Waals surface area contributed by atoms with Crippen LogP contribution in [0.1, 0.15) is 18.9 Å². The maximum absolute atomic E-state index is 6.02. The number of hydrogen-bond acceptors (Lipinski definition) is 3. The molecule has 0 bridgehead atoms. The monoisotopic (exact) mass is 289 g/mol. The average molecular weight is 290 g/mol. The van der Waals surface area contributed by atoms with Crippen LogP contribution in [0.15, 0.2) is 12.3 Å². The molecular formula is C13H21Cl2N3. The van der Waals surface area contributed by atoms with Crippen molar-refractivity contribution in [2.75, 3.05) is 38.6 Å². The van der Waals surface area contributed by atoms with Gasteiger partial charge in [0.1, 0.15) is 5.82 Å². The molecule has 0 aromatic carbocycles. The van der Waals surface area contributed by atoms with Crippen LogP contribution in [0.25, 0.3) is 0 Å². The largest absolute Gasteiger partial charge is 0.357 e. The number of anilines is 1. The number of halogens is 2. The van der Waals surface area contributed by atoms with Gasteiger partial charge in [0.15, 0.2) is 0 Å². The van der Waals surface area contributed by atoms with Gasteiger partial charge >= 0.3 is 0 Å². The molecule has 0 aliphatic carbocycles. The zero-order chi connectivity index (χ0) is 13.5. The summed E-state index contributed by atoms with van der Waals surface area (Å²) in [6, 6.07) is 1.98. The summed E-state index contributed by atoms with van der Waals surface area (Å²) in [4.78, 5) is 8.81. The lowest BCUT2D eigenvalue weighted by Crippen LogP contribution is -2.27. The van der Waals surface area contributed by atoms with Crippen molar-refractivity contribution in [2.45, 2.75) is 19.2 Å². The van der Waals surface area contributed by atoms with Crippen LogP contribution < -0.4 is 4.90 Å². The molecule has 18 heavy (non-hydrogen) atoms. The molecule has 1 rings (SSSR count). The Morgan fingerprint density at radius 3 is 2.56 bits per heavy atom. The number of rotatable bonds is 7. The molecule has 0 spiro atoms. The Kier molecular flexibility index (Phi) is 6.76. The number of alkyl halides is 1. The quantitative estimate of drug-likeness (QED) is 0.719. The fraction of sp³-hybridized carbons (Fsp3) is 0.615. The Morgan fingerprint density at radius 2 is 2.00 bits per heavy atom. The fourth-order valence-corrected chi connectivity index (χ4v) is 2.22. The van der Waals surface area contributed by atoms with Gasteiger partial charge in [-0.25, -0.2) is 4.98 Å². The third-order valence-corrected chi connectivity index (χ3v) is 3.43. The summed E-state index contributed by atoms with van der Waals surface area (Å²) < 4.78 is 0. The molecule has 1 aromatic rings. The zero-order valence-corrected chi connectivity index (χ0v) is 12.8. The van der Waals surface area contributed by atoms with Crippen molar-refractivity contribution in [2.24, 2.45) is 0 Å². The van der Waals surface area contributed by atoms with Gasteiger partial charge in [-0.1, -0.05) is 11.6 Å². The molecule has 0 radical (unpaired) electrons. The molecule has 0 amide bonds. The van der Waals surface area contributed by atoms with Crippen LogP contribution in [0.4, 0.5) is 5.82 Å². The minimum Gasteiger partial charge on any atom is -0.357 e. The molecule has 1 heterocycles. The maximum atomic E-state index is 6.02. The van der Waals surface area contributed by atoms with E-state index in [9.17, 15) is 0 Å². The summed E-state index contributed by atoms with van der Waals surface area (Å²) in [5.41, 5.74) is 0.939. The normalized spacial score (nSPS) is 11.0. The van der Waals surface area contributed by atoms with Crippen molar-refractivity contribution >= 4 is 29.0 Å².